The minimum Gasteiger partial charge on any atom is -0.462 e. The quantitative estimate of drug-likeness (QED) is 0.782. The first-order valence-electron chi connectivity index (χ1n) is 5.22. The molecule has 3 nitrogen and oxygen atoms in total. The molecule has 0 spiro atoms. The third-order valence-corrected chi connectivity index (χ3v) is 3.63. The van der Waals surface area contributed by atoms with Crippen molar-refractivity contribution in [3.05, 3.63) is 21.4 Å². The summed E-state index contributed by atoms with van der Waals surface area (Å²) in [6.45, 7) is 5.29. The first-order chi connectivity index (χ1) is 7.22. The Morgan fingerprint density at radius 2 is 2.53 bits per heavy atom. The highest BCUT2D eigenvalue weighted by Gasteiger charge is 2.23. The average Bonchev–Trinajstić information content (AvgIpc) is 2.60. The fourth-order valence-corrected chi connectivity index (χ4v) is 2.82. The lowest BCUT2D eigenvalue weighted by Gasteiger charge is -2.20. The van der Waals surface area contributed by atoms with Gasteiger partial charge in [0.05, 0.1) is 12.2 Å². The van der Waals surface area contributed by atoms with Crippen LogP contribution in [0.15, 0.2) is 5.38 Å². The van der Waals surface area contributed by atoms with E-state index in [0.29, 0.717) is 12.6 Å². The van der Waals surface area contributed by atoms with Gasteiger partial charge in [-0.2, -0.15) is 0 Å². The van der Waals surface area contributed by atoms with Gasteiger partial charge >= 0.3 is 5.97 Å². The van der Waals surface area contributed by atoms with Crippen LogP contribution in [0.2, 0.25) is 0 Å². The average molecular weight is 225 g/mol. The van der Waals surface area contributed by atoms with Gasteiger partial charge in [0.15, 0.2) is 0 Å². The number of nitrogens with one attached hydrogen (secondary N) is 1. The Balaban J connectivity index is 2.26. The molecule has 0 saturated heterocycles. The summed E-state index contributed by atoms with van der Waals surface area (Å²) in [5.41, 5.74) is 1.95. The maximum atomic E-state index is 11.6. The predicted octanol–water partition coefficient (Wildman–Crippen LogP) is 1.96. The van der Waals surface area contributed by atoms with Crippen LogP contribution in [0.25, 0.3) is 0 Å². The van der Waals surface area contributed by atoms with Crippen LogP contribution in [0, 0.1) is 0 Å². The van der Waals surface area contributed by atoms with Crippen molar-refractivity contribution in [1.29, 1.82) is 0 Å². The van der Waals surface area contributed by atoms with E-state index in [0.717, 1.165) is 18.5 Å². The van der Waals surface area contributed by atoms with Crippen LogP contribution in [0.4, 0.5) is 0 Å². The third-order valence-electron chi connectivity index (χ3n) is 2.60. The van der Waals surface area contributed by atoms with Crippen LogP contribution in [0.1, 0.15) is 34.6 Å². The lowest BCUT2D eigenvalue weighted by Crippen LogP contribution is -2.32. The van der Waals surface area contributed by atoms with Crippen LogP contribution in [0.5, 0.6) is 0 Å². The summed E-state index contributed by atoms with van der Waals surface area (Å²) in [4.78, 5) is 12.9. The number of carbonyl (C=O) groups is 1. The molecule has 2 heterocycles. The molecule has 0 radical (unpaired) electrons. The Bertz CT molecular complexity index is 373. The Kier molecular flexibility index (Phi) is 3.07. The van der Waals surface area contributed by atoms with E-state index in [1.807, 2.05) is 12.3 Å². The van der Waals surface area contributed by atoms with Gasteiger partial charge < -0.3 is 10.1 Å². The van der Waals surface area contributed by atoms with Crippen LogP contribution in [0.3, 0.4) is 0 Å². The minimum absolute atomic E-state index is 0.177. The lowest BCUT2D eigenvalue weighted by atomic mass is 10.00. The molecule has 0 saturated carbocycles. The van der Waals surface area contributed by atoms with Crippen molar-refractivity contribution in [3.8, 4) is 0 Å². The van der Waals surface area contributed by atoms with Crippen molar-refractivity contribution in [2.75, 3.05) is 6.61 Å². The number of hydrogen-bond donors (Lipinski definition) is 1. The first kappa shape index (κ1) is 10.6. The molecule has 1 N–H and O–H groups in total. The predicted molar refractivity (Wildman–Crippen MR) is 60.3 cm³/mol. The van der Waals surface area contributed by atoms with Gasteiger partial charge in [-0.15, -0.1) is 11.3 Å². The smallest absolute Gasteiger partial charge is 0.339 e. The van der Waals surface area contributed by atoms with Gasteiger partial charge in [0, 0.05) is 22.8 Å². The summed E-state index contributed by atoms with van der Waals surface area (Å²) < 4.78 is 5.03. The standard InChI is InChI=1S/C11H15NO2S/c1-3-14-11(13)9-6-15-10-5-12-7(2)4-8(9)10/h6-7,12H,3-5H2,1-2H3/t7-/m1/s1. The zero-order valence-corrected chi connectivity index (χ0v) is 9.82. The maximum Gasteiger partial charge on any atom is 0.339 e. The van der Waals surface area contributed by atoms with Gasteiger partial charge in [-0.05, 0) is 25.8 Å². The molecular weight excluding hydrogens is 210 g/mol. The SMILES string of the molecule is CCOC(=O)c1csc2c1C[C@@H](C)NC2. The third kappa shape index (κ3) is 2.06. The van der Waals surface area contributed by atoms with Crippen molar-refractivity contribution in [1.82, 2.24) is 5.32 Å². The Hall–Kier alpha value is -0.870. The minimum atomic E-state index is -0.177. The number of rotatable bonds is 2. The van der Waals surface area contributed by atoms with Gasteiger partial charge in [0.2, 0.25) is 0 Å². The lowest BCUT2D eigenvalue weighted by molar-refractivity contribution is 0.0525. The number of hydrogen-bond acceptors (Lipinski definition) is 4. The Labute approximate surface area is 93.4 Å². The number of esters is 1. The molecule has 0 bridgehead atoms. The molecule has 1 aromatic heterocycles. The van der Waals surface area contributed by atoms with Crippen LogP contribution in [-0.2, 0) is 17.7 Å². The van der Waals surface area contributed by atoms with E-state index < -0.39 is 0 Å². The summed E-state index contributed by atoms with van der Waals surface area (Å²) in [7, 11) is 0. The molecule has 1 atom stereocenters. The van der Waals surface area contributed by atoms with E-state index in [4.69, 9.17) is 4.74 Å². The summed E-state index contributed by atoms with van der Waals surface area (Å²) in [5.74, 6) is -0.177. The molecular formula is C11H15NO2S. The highest BCUT2D eigenvalue weighted by molar-refractivity contribution is 7.10. The highest BCUT2D eigenvalue weighted by Crippen LogP contribution is 2.27. The second kappa shape index (κ2) is 4.33. The highest BCUT2D eigenvalue weighted by atomic mass is 32.1. The van der Waals surface area contributed by atoms with E-state index in [-0.39, 0.29) is 5.97 Å². The van der Waals surface area contributed by atoms with Crippen LogP contribution >= 0.6 is 11.3 Å². The second-order valence-electron chi connectivity index (χ2n) is 3.76. The molecule has 0 unspecified atom stereocenters. The number of thiophene rings is 1. The molecule has 0 fully saturated rings. The number of fused-ring (bicyclic) bond motifs is 1. The zero-order valence-electron chi connectivity index (χ0n) is 9.00. The first-order valence-corrected chi connectivity index (χ1v) is 6.10. The summed E-state index contributed by atoms with van der Waals surface area (Å²) in [6, 6.07) is 0.445. The normalized spacial score (nSPS) is 19.7. The van der Waals surface area contributed by atoms with E-state index in [2.05, 4.69) is 12.2 Å². The van der Waals surface area contributed by atoms with Crippen LogP contribution < -0.4 is 5.32 Å². The van der Waals surface area contributed by atoms with E-state index >= 15 is 0 Å². The van der Waals surface area contributed by atoms with Gasteiger partial charge in [0.1, 0.15) is 0 Å². The van der Waals surface area contributed by atoms with Crippen molar-refractivity contribution in [2.24, 2.45) is 0 Å². The van der Waals surface area contributed by atoms with Gasteiger partial charge in [0.25, 0.3) is 0 Å². The molecule has 2 rings (SSSR count). The van der Waals surface area contributed by atoms with E-state index in [1.54, 1.807) is 11.3 Å². The second-order valence-corrected chi connectivity index (χ2v) is 4.72. The molecule has 15 heavy (non-hydrogen) atoms. The fourth-order valence-electron chi connectivity index (χ4n) is 1.82. The summed E-state index contributed by atoms with van der Waals surface area (Å²) in [5, 5.41) is 5.30. The molecule has 0 aromatic carbocycles. The van der Waals surface area contributed by atoms with Crippen molar-refractivity contribution in [3.63, 3.8) is 0 Å². The Morgan fingerprint density at radius 1 is 1.73 bits per heavy atom. The number of carbonyl (C=O) groups excluding carboxylic acids is 1. The molecule has 1 aliphatic rings. The molecule has 4 heteroatoms. The molecule has 1 aromatic rings. The van der Waals surface area contributed by atoms with Gasteiger partial charge in [-0.3, -0.25) is 0 Å². The molecule has 1 aliphatic heterocycles. The molecule has 82 valence electrons. The molecule has 0 aliphatic carbocycles. The van der Waals surface area contributed by atoms with Gasteiger partial charge in [-0.1, -0.05) is 0 Å². The van der Waals surface area contributed by atoms with Crippen molar-refractivity contribution in [2.45, 2.75) is 32.9 Å². The van der Waals surface area contributed by atoms with Crippen molar-refractivity contribution >= 4 is 17.3 Å². The fraction of sp³-hybridized carbons (Fsp3) is 0.545. The Morgan fingerprint density at radius 3 is 3.27 bits per heavy atom. The summed E-state index contributed by atoms with van der Waals surface area (Å²) >= 11 is 1.64. The maximum absolute atomic E-state index is 11.6. The van der Waals surface area contributed by atoms with Gasteiger partial charge in [-0.25, -0.2) is 4.79 Å². The summed E-state index contributed by atoms with van der Waals surface area (Å²) in [6.07, 6.45) is 0.924. The monoisotopic (exact) mass is 225 g/mol. The van der Waals surface area contributed by atoms with Crippen LogP contribution in [-0.4, -0.2) is 18.6 Å². The zero-order chi connectivity index (χ0) is 10.8. The van der Waals surface area contributed by atoms with Crippen molar-refractivity contribution < 1.29 is 9.53 Å². The van der Waals surface area contributed by atoms with E-state index in [9.17, 15) is 4.79 Å². The number of ether oxygens (including phenoxy) is 1. The van der Waals surface area contributed by atoms with E-state index in [1.165, 1.54) is 10.4 Å². The molecule has 0 amide bonds. The largest absolute Gasteiger partial charge is 0.462 e. The topological polar surface area (TPSA) is 38.3 Å².